The van der Waals surface area contributed by atoms with Gasteiger partial charge in [0.2, 0.25) is 0 Å². The molecule has 9 nitrogen and oxygen atoms in total. The number of hydrogen-bond acceptors (Lipinski definition) is 6. The van der Waals surface area contributed by atoms with Gasteiger partial charge in [-0.15, -0.1) is 0 Å². The predicted octanol–water partition coefficient (Wildman–Crippen LogP) is 6.42. The van der Waals surface area contributed by atoms with Gasteiger partial charge in [-0.3, -0.25) is 14.5 Å². The number of imide groups is 2. The maximum atomic E-state index is 14.3. The molecule has 2 atom stereocenters. The van der Waals surface area contributed by atoms with Gasteiger partial charge in [-0.2, -0.15) is 0 Å². The first-order valence-electron chi connectivity index (χ1n) is 12.5. The van der Waals surface area contributed by atoms with Crippen LogP contribution in [0.5, 0.6) is 0 Å². The summed E-state index contributed by atoms with van der Waals surface area (Å²) in [6.45, 7) is 9.70. The summed E-state index contributed by atoms with van der Waals surface area (Å²) in [5, 5.41) is 0.425. The summed E-state index contributed by atoms with van der Waals surface area (Å²) in [6.07, 6.45) is -0.760. The lowest BCUT2D eigenvalue weighted by molar-refractivity contribution is -0.141. The van der Waals surface area contributed by atoms with Crippen molar-refractivity contribution in [3.8, 4) is 0 Å². The Balaban J connectivity index is 1.80. The van der Waals surface area contributed by atoms with Crippen molar-refractivity contribution in [2.24, 2.45) is 0 Å². The molecule has 5 amide bonds. The molecule has 40 heavy (non-hydrogen) atoms. The molecule has 0 aromatic heterocycles. The molecule has 0 unspecified atom stereocenters. The average molecular weight is 655 g/mol. The van der Waals surface area contributed by atoms with Crippen molar-refractivity contribution < 1.29 is 28.7 Å². The number of amides is 5. The van der Waals surface area contributed by atoms with Crippen LogP contribution in [-0.2, 0) is 25.5 Å². The lowest BCUT2D eigenvalue weighted by Gasteiger charge is -2.37. The van der Waals surface area contributed by atoms with Crippen molar-refractivity contribution in [2.75, 3.05) is 11.5 Å². The van der Waals surface area contributed by atoms with Gasteiger partial charge in [0.1, 0.15) is 22.9 Å². The molecule has 2 aliphatic heterocycles. The maximum absolute atomic E-state index is 14.3. The van der Waals surface area contributed by atoms with Crippen molar-refractivity contribution in [3.05, 3.63) is 62.5 Å². The van der Waals surface area contributed by atoms with E-state index in [1.54, 1.807) is 58.9 Å². The van der Waals surface area contributed by atoms with Crippen molar-refractivity contribution >= 4 is 68.8 Å². The molecule has 2 aromatic carbocycles. The largest absolute Gasteiger partial charge is 0.444 e. The van der Waals surface area contributed by atoms with Gasteiger partial charge in [0.25, 0.3) is 11.8 Å². The third-order valence-corrected chi connectivity index (χ3v) is 7.65. The van der Waals surface area contributed by atoms with E-state index >= 15 is 0 Å². The monoisotopic (exact) mass is 653 g/mol. The Morgan fingerprint density at radius 2 is 1.62 bits per heavy atom. The van der Waals surface area contributed by atoms with Crippen LogP contribution < -0.4 is 4.90 Å². The topological polar surface area (TPSA) is 96.5 Å². The van der Waals surface area contributed by atoms with Gasteiger partial charge in [-0.05, 0) is 77.4 Å². The molecule has 2 aliphatic rings. The molecule has 214 valence electrons. The van der Waals surface area contributed by atoms with Crippen LogP contribution in [0.2, 0.25) is 10.0 Å². The van der Waals surface area contributed by atoms with E-state index in [1.807, 2.05) is 0 Å². The van der Waals surface area contributed by atoms with E-state index in [-0.39, 0.29) is 28.8 Å². The maximum Gasteiger partial charge on any atom is 0.413 e. The highest BCUT2D eigenvalue weighted by Gasteiger charge is 2.61. The second-order valence-electron chi connectivity index (χ2n) is 11.4. The third kappa shape index (κ3) is 5.72. The second kappa shape index (κ2) is 10.6. The molecule has 0 aliphatic carbocycles. The zero-order chi connectivity index (χ0) is 29.8. The number of nitrogens with zero attached hydrogens (tertiary/aromatic N) is 3. The molecule has 2 aromatic rings. The van der Waals surface area contributed by atoms with E-state index in [4.69, 9.17) is 32.7 Å². The number of rotatable bonds is 4. The molecule has 4 rings (SSSR count). The highest BCUT2D eigenvalue weighted by molar-refractivity contribution is 9.10. The van der Waals surface area contributed by atoms with Gasteiger partial charge >= 0.3 is 12.1 Å². The van der Waals surface area contributed by atoms with Crippen LogP contribution in [-0.4, -0.2) is 63.3 Å². The zero-order valence-corrected chi connectivity index (χ0v) is 26.1. The molecule has 0 radical (unpaired) electrons. The van der Waals surface area contributed by atoms with E-state index in [0.29, 0.717) is 5.56 Å². The first kappa shape index (κ1) is 30.3. The minimum absolute atomic E-state index is 0.0186. The van der Waals surface area contributed by atoms with Crippen molar-refractivity contribution in [1.29, 1.82) is 0 Å². The summed E-state index contributed by atoms with van der Waals surface area (Å²) in [5.41, 5.74) is -2.87. The van der Waals surface area contributed by atoms with Gasteiger partial charge in [-0.1, -0.05) is 51.3 Å². The van der Waals surface area contributed by atoms with E-state index in [2.05, 4.69) is 15.9 Å². The summed E-state index contributed by atoms with van der Waals surface area (Å²) in [7, 11) is 0. The van der Waals surface area contributed by atoms with Gasteiger partial charge in [0.15, 0.2) is 0 Å². The summed E-state index contributed by atoms with van der Waals surface area (Å²) < 4.78 is 12.2. The van der Waals surface area contributed by atoms with E-state index in [1.165, 1.54) is 30.0 Å². The first-order valence-corrected chi connectivity index (χ1v) is 14.1. The molecule has 2 heterocycles. The van der Waals surface area contributed by atoms with Gasteiger partial charge in [-0.25, -0.2) is 19.4 Å². The van der Waals surface area contributed by atoms with Gasteiger partial charge in [0.05, 0.1) is 12.3 Å². The molecule has 2 saturated heterocycles. The Kier molecular flexibility index (Phi) is 8.05. The Morgan fingerprint density at radius 1 is 1.05 bits per heavy atom. The molecular formula is C28H30BrCl2N3O6. The molecular weight excluding hydrogens is 625 g/mol. The fourth-order valence-electron chi connectivity index (χ4n) is 4.91. The number of hydrogen-bond donors (Lipinski definition) is 0. The molecule has 12 heteroatoms. The van der Waals surface area contributed by atoms with E-state index in [9.17, 15) is 19.2 Å². The number of benzene rings is 2. The average Bonchev–Trinajstić information content (AvgIpc) is 3.23. The minimum atomic E-state index is -1.65. The lowest BCUT2D eigenvalue weighted by Crippen LogP contribution is -2.60. The normalized spacial score (nSPS) is 22.7. The van der Waals surface area contributed by atoms with Crippen LogP contribution in [0.25, 0.3) is 0 Å². The van der Waals surface area contributed by atoms with Crippen LogP contribution in [0, 0.1) is 0 Å². The summed E-state index contributed by atoms with van der Waals surface area (Å²) in [6, 6.07) is 9.40. The van der Waals surface area contributed by atoms with E-state index in [0.717, 1.165) is 14.3 Å². The molecule has 0 spiro atoms. The Morgan fingerprint density at radius 3 is 2.17 bits per heavy atom. The fourth-order valence-corrected chi connectivity index (χ4v) is 5.69. The van der Waals surface area contributed by atoms with E-state index < -0.39 is 46.8 Å². The summed E-state index contributed by atoms with van der Waals surface area (Å²) in [5.74, 6) is -1.42. The molecule has 0 bridgehead atoms. The van der Waals surface area contributed by atoms with Crippen molar-refractivity contribution in [1.82, 2.24) is 9.80 Å². The fraction of sp³-hybridized carbons (Fsp3) is 0.429. The van der Waals surface area contributed by atoms with Gasteiger partial charge < -0.3 is 9.47 Å². The number of ether oxygens (including phenoxy) is 2. The van der Waals surface area contributed by atoms with Crippen molar-refractivity contribution in [2.45, 2.75) is 70.9 Å². The van der Waals surface area contributed by atoms with Crippen LogP contribution in [0.3, 0.4) is 0 Å². The number of carbonyl (C=O) groups excluding carboxylic acids is 4. The first-order chi connectivity index (χ1) is 18.4. The Bertz CT molecular complexity index is 1360. The standard InChI is InChI=1S/C28H30BrCl2N3O6/c1-26(2,3)40-25(38)33-21(15-39-27(33,4)5)22(35)34-24(37)32(20-12-18(30)11-19(31)13-20)23(36)28(34,6)14-16-7-9-17(29)10-8-16/h7-13,21H,14-15H2,1-6H3/t21-,28+/m0/s1. The molecule has 0 saturated carbocycles. The molecule has 2 fully saturated rings. The highest BCUT2D eigenvalue weighted by atomic mass is 79.9. The number of carbonyl (C=O) groups is 4. The summed E-state index contributed by atoms with van der Waals surface area (Å²) in [4.78, 5) is 58.6. The Labute approximate surface area is 251 Å². The van der Waals surface area contributed by atoms with Crippen LogP contribution in [0.15, 0.2) is 46.9 Å². The van der Waals surface area contributed by atoms with Crippen LogP contribution in [0.4, 0.5) is 15.3 Å². The highest BCUT2D eigenvalue weighted by Crippen LogP contribution is 2.39. The van der Waals surface area contributed by atoms with Crippen molar-refractivity contribution in [3.63, 3.8) is 0 Å². The molecule has 0 N–H and O–H groups in total. The minimum Gasteiger partial charge on any atom is -0.444 e. The summed E-state index contributed by atoms with van der Waals surface area (Å²) >= 11 is 15.8. The SMILES string of the molecule is CC(C)(C)OC(=O)N1[C@H](C(=O)N2C(=O)N(c3cc(Cl)cc(Cl)c3)C(=O)[C@@]2(C)Cc2ccc(Br)cc2)COC1(C)C. The quantitative estimate of drug-likeness (QED) is 0.353. The number of anilines is 1. The lowest BCUT2D eigenvalue weighted by atomic mass is 9.90. The van der Waals surface area contributed by atoms with Gasteiger partial charge in [0, 0.05) is 20.9 Å². The number of halogens is 3. The Hall–Kier alpha value is -2.66. The predicted molar refractivity (Wildman–Crippen MR) is 154 cm³/mol. The number of urea groups is 1. The smallest absolute Gasteiger partial charge is 0.413 e. The van der Waals surface area contributed by atoms with Crippen LogP contribution >= 0.6 is 39.1 Å². The second-order valence-corrected chi connectivity index (χ2v) is 13.2. The third-order valence-electron chi connectivity index (χ3n) is 6.69. The zero-order valence-electron chi connectivity index (χ0n) is 23.0. The van der Waals surface area contributed by atoms with Crippen LogP contribution in [0.1, 0.15) is 47.1 Å².